The molecule has 0 spiro atoms. The molecule has 0 unspecified atom stereocenters. The Bertz CT molecular complexity index is 553. The number of quaternary nitrogens is 1. The van der Waals surface area contributed by atoms with Crippen LogP contribution in [0.25, 0.3) is 0 Å². The van der Waals surface area contributed by atoms with Crippen LogP contribution in [0.2, 0.25) is 5.02 Å². The number of benzene rings is 1. The monoisotopic (exact) mass is 338 g/mol. The van der Waals surface area contributed by atoms with Crippen LogP contribution in [0.4, 0.5) is 10.5 Å². The van der Waals surface area contributed by atoms with Crippen molar-refractivity contribution in [1.82, 2.24) is 4.90 Å². The third kappa shape index (κ3) is 4.37. The molecule has 1 atom stereocenters. The summed E-state index contributed by atoms with van der Waals surface area (Å²) in [5.41, 5.74) is 1.76. The second-order valence-corrected chi connectivity index (χ2v) is 6.88. The highest BCUT2D eigenvalue weighted by molar-refractivity contribution is 6.31. The quantitative estimate of drug-likeness (QED) is 0.878. The average molecular weight is 339 g/mol. The minimum Gasteiger partial charge on any atom is -0.372 e. The van der Waals surface area contributed by atoms with E-state index in [9.17, 15) is 4.79 Å². The minimum atomic E-state index is -0.0407. The van der Waals surface area contributed by atoms with Gasteiger partial charge in [-0.15, -0.1) is 0 Å². The van der Waals surface area contributed by atoms with E-state index in [0.717, 1.165) is 50.6 Å². The Morgan fingerprint density at radius 1 is 1.43 bits per heavy atom. The van der Waals surface area contributed by atoms with Gasteiger partial charge in [-0.1, -0.05) is 17.7 Å². The number of amides is 2. The van der Waals surface area contributed by atoms with Crippen molar-refractivity contribution in [2.75, 3.05) is 44.6 Å². The number of halogens is 1. The molecule has 0 saturated carbocycles. The summed E-state index contributed by atoms with van der Waals surface area (Å²) in [6.45, 7) is 7.48. The first kappa shape index (κ1) is 16.6. The van der Waals surface area contributed by atoms with Crippen LogP contribution in [0.15, 0.2) is 18.2 Å². The lowest BCUT2D eigenvalue weighted by Gasteiger charge is -2.33. The zero-order valence-corrected chi connectivity index (χ0v) is 14.4. The molecule has 1 aromatic rings. The Morgan fingerprint density at radius 2 is 2.22 bits per heavy atom. The zero-order chi connectivity index (χ0) is 16.2. The number of hydrogen-bond acceptors (Lipinski definition) is 2. The van der Waals surface area contributed by atoms with Crippen LogP contribution in [-0.4, -0.2) is 56.4 Å². The van der Waals surface area contributed by atoms with Gasteiger partial charge in [0.15, 0.2) is 0 Å². The summed E-state index contributed by atoms with van der Waals surface area (Å²) in [7, 11) is 0. The molecule has 2 fully saturated rings. The first-order valence-electron chi connectivity index (χ1n) is 8.39. The van der Waals surface area contributed by atoms with Gasteiger partial charge in [0.25, 0.3) is 0 Å². The number of anilines is 1. The first-order chi connectivity index (χ1) is 11.1. The number of hydrogen-bond donors (Lipinski definition) is 2. The van der Waals surface area contributed by atoms with E-state index in [4.69, 9.17) is 16.3 Å². The van der Waals surface area contributed by atoms with Crippen LogP contribution < -0.4 is 10.2 Å². The first-order valence-corrected chi connectivity index (χ1v) is 8.77. The fourth-order valence-corrected chi connectivity index (χ4v) is 3.41. The highest BCUT2D eigenvalue weighted by atomic mass is 35.5. The normalized spacial score (nSPS) is 22.3. The number of ether oxygens (including phenoxy) is 1. The van der Waals surface area contributed by atoms with E-state index in [0.29, 0.717) is 11.1 Å². The Kier molecular flexibility index (Phi) is 5.41. The molecule has 5 nitrogen and oxygen atoms in total. The largest absolute Gasteiger partial charge is 0.372 e. The summed E-state index contributed by atoms with van der Waals surface area (Å²) in [6.07, 6.45) is 2.79. The van der Waals surface area contributed by atoms with Gasteiger partial charge >= 0.3 is 6.03 Å². The number of aryl methyl sites for hydroxylation is 1. The molecule has 6 heteroatoms. The number of urea groups is 1. The smallest absolute Gasteiger partial charge is 0.322 e. The highest BCUT2D eigenvalue weighted by Crippen LogP contribution is 2.20. The van der Waals surface area contributed by atoms with E-state index < -0.39 is 0 Å². The summed E-state index contributed by atoms with van der Waals surface area (Å²) in [5.74, 6) is 0. The van der Waals surface area contributed by atoms with Gasteiger partial charge in [-0.05, 0) is 37.5 Å². The molecule has 0 bridgehead atoms. The van der Waals surface area contributed by atoms with Crippen LogP contribution in [-0.2, 0) is 4.74 Å². The summed E-state index contributed by atoms with van der Waals surface area (Å²) < 4.78 is 5.70. The van der Waals surface area contributed by atoms with Gasteiger partial charge in [0.1, 0.15) is 12.6 Å². The third-order valence-electron chi connectivity index (χ3n) is 4.72. The Balaban J connectivity index is 1.46. The van der Waals surface area contributed by atoms with Crippen LogP contribution in [0.3, 0.4) is 0 Å². The topological polar surface area (TPSA) is 46.0 Å². The fourth-order valence-electron chi connectivity index (χ4n) is 3.23. The Labute approximate surface area is 142 Å². The third-order valence-corrected chi connectivity index (χ3v) is 5.13. The summed E-state index contributed by atoms with van der Waals surface area (Å²) in [6, 6.07) is 5.56. The lowest BCUT2D eigenvalue weighted by atomic mass is 10.2. The maximum Gasteiger partial charge on any atom is 0.322 e. The van der Waals surface area contributed by atoms with E-state index in [1.54, 1.807) is 11.0 Å². The molecular weight excluding hydrogens is 314 g/mol. The zero-order valence-electron chi connectivity index (χ0n) is 13.6. The molecule has 2 amide bonds. The molecule has 2 N–H and O–H groups in total. The average Bonchev–Trinajstić information content (AvgIpc) is 3.04. The van der Waals surface area contributed by atoms with Gasteiger partial charge in [-0.25, -0.2) is 4.79 Å². The molecular formula is C17H25ClN3O2+. The van der Waals surface area contributed by atoms with Gasteiger partial charge in [0, 0.05) is 17.3 Å². The van der Waals surface area contributed by atoms with Crippen LogP contribution in [0.5, 0.6) is 0 Å². The Hall–Kier alpha value is -1.30. The van der Waals surface area contributed by atoms with Crippen molar-refractivity contribution < 1.29 is 14.4 Å². The molecule has 0 aromatic heterocycles. The second-order valence-electron chi connectivity index (χ2n) is 6.47. The lowest BCUT2D eigenvalue weighted by molar-refractivity contribution is -0.906. The minimum absolute atomic E-state index is 0.0407. The van der Waals surface area contributed by atoms with E-state index in [1.165, 1.54) is 12.8 Å². The number of piperazine rings is 1. The highest BCUT2D eigenvalue weighted by Gasteiger charge is 2.27. The molecule has 3 rings (SSSR count). The van der Waals surface area contributed by atoms with Crippen molar-refractivity contribution in [3.8, 4) is 0 Å². The summed E-state index contributed by atoms with van der Waals surface area (Å²) in [4.78, 5) is 15.8. The Morgan fingerprint density at radius 3 is 2.87 bits per heavy atom. The van der Waals surface area contributed by atoms with Crippen molar-refractivity contribution in [1.29, 1.82) is 0 Å². The summed E-state index contributed by atoms with van der Waals surface area (Å²) >= 11 is 6.10. The van der Waals surface area contributed by atoms with Gasteiger partial charge in [0.2, 0.25) is 0 Å². The SMILES string of the molecule is Cc1ccc(NC(=O)N2CC[NH+](C[C@H]3CCCO3)CC2)cc1Cl. The number of nitrogens with zero attached hydrogens (tertiary/aromatic N) is 1. The van der Waals surface area contributed by atoms with Gasteiger partial charge < -0.3 is 19.9 Å². The molecule has 2 aliphatic rings. The molecule has 0 radical (unpaired) electrons. The van der Waals surface area contributed by atoms with E-state index in [1.807, 2.05) is 24.0 Å². The number of carbonyl (C=O) groups is 1. The molecule has 23 heavy (non-hydrogen) atoms. The molecule has 0 aliphatic carbocycles. The molecule has 1 aromatic carbocycles. The standard InChI is InChI=1S/C17H24ClN3O2/c1-13-4-5-14(11-16(13)18)19-17(22)21-8-6-20(7-9-21)12-15-3-2-10-23-15/h4-5,11,15H,2-3,6-10,12H2,1H3,(H,19,22)/p+1/t15-/m1/s1. The van der Waals surface area contributed by atoms with Gasteiger partial charge in [-0.3, -0.25) is 0 Å². The maximum atomic E-state index is 12.4. The van der Waals surface area contributed by atoms with Crippen LogP contribution in [0, 0.1) is 6.92 Å². The molecule has 2 heterocycles. The second kappa shape index (κ2) is 7.51. The van der Waals surface area contributed by atoms with E-state index in [2.05, 4.69) is 5.32 Å². The van der Waals surface area contributed by atoms with E-state index in [-0.39, 0.29) is 6.03 Å². The van der Waals surface area contributed by atoms with E-state index >= 15 is 0 Å². The summed E-state index contributed by atoms with van der Waals surface area (Å²) in [5, 5.41) is 3.61. The van der Waals surface area contributed by atoms with Gasteiger partial charge in [0.05, 0.1) is 26.2 Å². The number of rotatable bonds is 3. The van der Waals surface area contributed by atoms with Crippen molar-refractivity contribution in [3.05, 3.63) is 28.8 Å². The van der Waals surface area contributed by atoms with Crippen molar-refractivity contribution >= 4 is 23.3 Å². The molecule has 126 valence electrons. The maximum absolute atomic E-state index is 12.4. The van der Waals surface area contributed by atoms with Crippen molar-refractivity contribution in [2.45, 2.75) is 25.9 Å². The fraction of sp³-hybridized carbons (Fsp3) is 0.588. The molecule has 2 aliphatic heterocycles. The number of nitrogens with one attached hydrogen (secondary N) is 2. The van der Waals surface area contributed by atoms with Crippen molar-refractivity contribution in [3.63, 3.8) is 0 Å². The van der Waals surface area contributed by atoms with Crippen LogP contribution >= 0.6 is 11.6 Å². The van der Waals surface area contributed by atoms with Crippen LogP contribution in [0.1, 0.15) is 18.4 Å². The number of carbonyl (C=O) groups excluding carboxylic acids is 1. The van der Waals surface area contributed by atoms with Crippen molar-refractivity contribution in [2.24, 2.45) is 0 Å². The predicted octanol–water partition coefficient (Wildman–Crippen LogP) is 1.56. The molecule has 2 saturated heterocycles. The lowest BCUT2D eigenvalue weighted by Crippen LogP contribution is -3.15. The van der Waals surface area contributed by atoms with Gasteiger partial charge in [-0.2, -0.15) is 0 Å². The predicted molar refractivity (Wildman–Crippen MR) is 91.3 cm³/mol.